The molecule has 0 aliphatic carbocycles. The average molecular weight is 402 g/mol. The van der Waals surface area contributed by atoms with Crippen LogP contribution in [0.5, 0.6) is 23.0 Å². The monoisotopic (exact) mass is 402 g/mol. The van der Waals surface area contributed by atoms with Crippen molar-refractivity contribution in [2.24, 2.45) is 0 Å². The van der Waals surface area contributed by atoms with Gasteiger partial charge in [-0.25, -0.2) is 0 Å². The molecule has 154 valence electrons. The fourth-order valence-electron chi connectivity index (χ4n) is 4.52. The fourth-order valence-corrected chi connectivity index (χ4v) is 4.52. The van der Waals surface area contributed by atoms with Gasteiger partial charge in [0.25, 0.3) is 0 Å². The topological polar surface area (TPSA) is 58.9 Å². The molecule has 0 unspecified atom stereocenters. The lowest BCUT2D eigenvalue weighted by molar-refractivity contribution is 0.412. The van der Waals surface area contributed by atoms with E-state index in [9.17, 15) is 10.2 Å². The number of methoxy groups -OCH3 is 2. The summed E-state index contributed by atoms with van der Waals surface area (Å²) in [5.74, 6) is 2.09. The number of hydrogen-bond donors (Lipinski definition) is 2. The third-order valence-corrected chi connectivity index (χ3v) is 6.05. The van der Waals surface area contributed by atoms with E-state index in [2.05, 4.69) is 0 Å². The molecule has 0 spiro atoms. The molecule has 0 saturated carbocycles. The zero-order valence-corrected chi connectivity index (χ0v) is 17.7. The lowest BCUT2D eigenvalue weighted by Crippen LogP contribution is -2.02. The molecule has 0 bridgehead atoms. The van der Waals surface area contributed by atoms with Crippen molar-refractivity contribution in [2.45, 2.75) is 26.7 Å². The quantitative estimate of drug-likeness (QED) is 0.441. The summed E-state index contributed by atoms with van der Waals surface area (Å²) in [4.78, 5) is 0. The highest BCUT2D eigenvalue weighted by Gasteiger charge is 2.20. The van der Waals surface area contributed by atoms with E-state index >= 15 is 0 Å². The minimum absolute atomic E-state index is 0.272. The Morgan fingerprint density at radius 2 is 0.933 bits per heavy atom. The Morgan fingerprint density at radius 3 is 1.27 bits per heavy atom. The van der Waals surface area contributed by atoms with Gasteiger partial charge in [-0.15, -0.1) is 0 Å². The standard InChI is InChI=1S/C26H26O4/c1-15-17(23(27)19-9-5-7-11-21(19)25(15)29-3)13-14-18-16(2)26(30-4)22-12-8-6-10-20(22)24(18)28/h5-12,27-28H,13-14H2,1-4H3. The summed E-state index contributed by atoms with van der Waals surface area (Å²) in [5.41, 5.74) is 3.49. The van der Waals surface area contributed by atoms with Crippen molar-refractivity contribution in [3.05, 3.63) is 70.8 Å². The number of rotatable bonds is 5. The molecule has 0 aromatic heterocycles. The average Bonchev–Trinajstić information content (AvgIpc) is 2.76. The number of benzene rings is 4. The zero-order valence-electron chi connectivity index (χ0n) is 17.7. The Kier molecular flexibility index (Phi) is 5.17. The fraction of sp³-hybridized carbons (Fsp3) is 0.231. The van der Waals surface area contributed by atoms with Crippen molar-refractivity contribution in [1.82, 2.24) is 0 Å². The Bertz CT molecular complexity index is 1160. The van der Waals surface area contributed by atoms with Crippen LogP contribution in [0.25, 0.3) is 21.5 Å². The lowest BCUT2D eigenvalue weighted by atomic mass is 9.91. The van der Waals surface area contributed by atoms with Crippen molar-refractivity contribution >= 4 is 21.5 Å². The van der Waals surface area contributed by atoms with Gasteiger partial charge in [-0.3, -0.25) is 0 Å². The molecular weight excluding hydrogens is 376 g/mol. The molecule has 0 atom stereocenters. The summed E-state index contributed by atoms with van der Waals surface area (Å²) < 4.78 is 11.3. The molecule has 0 heterocycles. The Hall–Kier alpha value is -3.40. The van der Waals surface area contributed by atoms with Gasteiger partial charge in [-0.1, -0.05) is 48.5 Å². The number of phenolic OH excluding ortho intramolecular Hbond substituents is 2. The predicted molar refractivity (Wildman–Crippen MR) is 121 cm³/mol. The van der Waals surface area contributed by atoms with Gasteiger partial charge >= 0.3 is 0 Å². The van der Waals surface area contributed by atoms with Gasteiger partial charge in [0.1, 0.15) is 23.0 Å². The van der Waals surface area contributed by atoms with E-state index in [0.717, 1.165) is 55.3 Å². The maximum atomic E-state index is 11.0. The van der Waals surface area contributed by atoms with Crippen LogP contribution in [-0.2, 0) is 12.8 Å². The smallest absolute Gasteiger partial charge is 0.130 e. The molecular formula is C26H26O4. The number of ether oxygens (including phenoxy) is 2. The minimum atomic E-state index is 0.272. The van der Waals surface area contributed by atoms with Crippen LogP contribution < -0.4 is 9.47 Å². The molecule has 0 amide bonds. The second-order valence-electron chi connectivity index (χ2n) is 7.56. The highest BCUT2D eigenvalue weighted by Crippen LogP contribution is 2.43. The Labute approximate surface area is 176 Å². The molecule has 0 radical (unpaired) electrons. The molecule has 4 aromatic carbocycles. The first-order chi connectivity index (χ1) is 14.5. The number of phenols is 2. The summed E-state index contributed by atoms with van der Waals surface area (Å²) in [6.07, 6.45) is 1.13. The van der Waals surface area contributed by atoms with E-state index in [0.29, 0.717) is 12.8 Å². The first-order valence-electron chi connectivity index (χ1n) is 10.0. The van der Waals surface area contributed by atoms with Crippen molar-refractivity contribution < 1.29 is 19.7 Å². The molecule has 0 saturated heterocycles. The van der Waals surface area contributed by atoms with Crippen molar-refractivity contribution in [3.63, 3.8) is 0 Å². The highest BCUT2D eigenvalue weighted by molar-refractivity contribution is 5.97. The summed E-state index contributed by atoms with van der Waals surface area (Å²) in [7, 11) is 3.31. The third kappa shape index (κ3) is 3.00. The van der Waals surface area contributed by atoms with Gasteiger partial charge in [0.15, 0.2) is 0 Å². The van der Waals surface area contributed by atoms with E-state index in [1.54, 1.807) is 14.2 Å². The van der Waals surface area contributed by atoms with Crippen molar-refractivity contribution in [2.75, 3.05) is 14.2 Å². The van der Waals surface area contributed by atoms with Crippen LogP contribution in [0.2, 0.25) is 0 Å². The first kappa shape index (κ1) is 19.9. The van der Waals surface area contributed by atoms with Gasteiger partial charge in [0.05, 0.1) is 14.2 Å². The Balaban J connectivity index is 1.83. The van der Waals surface area contributed by atoms with Crippen LogP contribution in [0.1, 0.15) is 22.3 Å². The highest BCUT2D eigenvalue weighted by atomic mass is 16.5. The summed E-state index contributed by atoms with van der Waals surface area (Å²) in [6, 6.07) is 15.4. The van der Waals surface area contributed by atoms with Crippen LogP contribution in [-0.4, -0.2) is 24.4 Å². The van der Waals surface area contributed by atoms with Gasteiger partial charge < -0.3 is 19.7 Å². The van der Waals surface area contributed by atoms with Crippen LogP contribution in [0, 0.1) is 13.8 Å². The molecule has 4 aromatic rings. The maximum Gasteiger partial charge on any atom is 0.130 e. The molecule has 0 aliphatic rings. The van der Waals surface area contributed by atoms with E-state index in [1.807, 2.05) is 62.4 Å². The summed E-state index contributed by atoms with van der Waals surface area (Å²) in [6.45, 7) is 3.93. The van der Waals surface area contributed by atoms with E-state index in [4.69, 9.17) is 9.47 Å². The predicted octanol–water partition coefficient (Wildman–Crippen LogP) is 5.82. The van der Waals surface area contributed by atoms with Gasteiger partial charge in [-0.05, 0) is 37.8 Å². The molecule has 4 nitrogen and oxygen atoms in total. The molecule has 2 N–H and O–H groups in total. The Morgan fingerprint density at radius 1 is 0.600 bits per heavy atom. The van der Waals surface area contributed by atoms with Crippen LogP contribution in [0.4, 0.5) is 0 Å². The summed E-state index contributed by atoms with van der Waals surface area (Å²) in [5, 5.41) is 25.3. The lowest BCUT2D eigenvalue weighted by Gasteiger charge is -2.19. The van der Waals surface area contributed by atoms with Crippen molar-refractivity contribution in [1.29, 1.82) is 0 Å². The third-order valence-electron chi connectivity index (χ3n) is 6.05. The number of hydrogen-bond acceptors (Lipinski definition) is 4. The van der Waals surface area contributed by atoms with E-state index in [-0.39, 0.29) is 11.5 Å². The molecule has 0 fully saturated rings. The first-order valence-corrected chi connectivity index (χ1v) is 10.0. The van der Waals surface area contributed by atoms with Crippen LogP contribution in [0.3, 0.4) is 0 Å². The van der Waals surface area contributed by atoms with E-state index < -0.39 is 0 Å². The second-order valence-corrected chi connectivity index (χ2v) is 7.56. The van der Waals surface area contributed by atoms with Crippen LogP contribution >= 0.6 is 0 Å². The minimum Gasteiger partial charge on any atom is -0.507 e. The van der Waals surface area contributed by atoms with E-state index in [1.165, 1.54) is 0 Å². The largest absolute Gasteiger partial charge is 0.507 e. The second kappa shape index (κ2) is 7.79. The molecule has 4 rings (SSSR count). The maximum absolute atomic E-state index is 11.0. The molecule has 0 aliphatic heterocycles. The van der Waals surface area contributed by atoms with Gasteiger partial charge in [0.2, 0.25) is 0 Å². The normalized spacial score (nSPS) is 11.2. The SMILES string of the molecule is COc1c(C)c(CCc2c(C)c(OC)c3ccccc3c2O)c(O)c2ccccc12. The molecule has 30 heavy (non-hydrogen) atoms. The zero-order chi connectivity index (χ0) is 21.4. The van der Waals surface area contributed by atoms with Gasteiger partial charge in [0, 0.05) is 32.7 Å². The van der Waals surface area contributed by atoms with Crippen molar-refractivity contribution in [3.8, 4) is 23.0 Å². The van der Waals surface area contributed by atoms with Gasteiger partial charge in [-0.2, -0.15) is 0 Å². The summed E-state index contributed by atoms with van der Waals surface area (Å²) >= 11 is 0. The molecule has 4 heteroatoms. The number of aromatic hydroxyl groups is 2. The number of fused-ring (bicyclic) bond motifs is 2. The van der Waals surface area contributed by atoms with Crippen LogP contribution in [0.15, 0.2) is 48.5 Å².